The highest BCUT2D eigenvalue weighted by Crippen LogP contribution is 2.38. The monoisotopic (exact) mass is 1150 g/mol. The van der Waals surface area contributed by atoms with E-state index in [1.165, 1.54) is 289 Å². The molecule has 0 aliphatic carbocycles. The van der Waals surface area contributed by atoms with E-state index in [-0.39, 0.29) is 32.0 Å². The Kier molecular flexibility index (Phi) is 61.3. The van der Waals surface area contributed by atoms with Crippen molar-refractivity contribution >= 4 is 19.8 Å². The van der Waals surface area contributed by atoms with Crippen molar-refractivity contribution in [1.82, 2.24) is 0 Å². The van der Waals surface area contributed by atoms with Gasteiger partial charge in [-0.15, -0.1) is 0 Å². The van der Waals surface area contributed by atoms with E-state index >= 15 is 0 Å². The van der Waals surface area contributed by atoms with Gasteiger partial charge in [0.2, 0.25) is 0 Å². The van der Waals surface area contributed by atoms with E-state index in [9.17, 15) is 19.0 Å². The van der Waals surface area contributed by atoms with Gasteiger partial charge >= 0.3 is 11.9 Å². The van der Waals surface area contributed by atoms with Gasteiger partial charge < -0.3 is 27.9 Å². The zero-order valence-electron chi connectivity index (χ0n) is 54.3. The van der Waals surface area contributed by atoms with Gasteiger partial charge in [0.15, 0.2) is 6.10 Å². The van der Waals surface area contributed by atoms with Crippen LogP contribution in [-0.2, 0) is 32.7 Å². The number of phosphoric acid groups is 1. The Balaban J connectivity index is 3.79. The van der Waals surface area contributed by atoms with Gasteiger partial charge in [0.1, 0.15) is 19.8 Å². The number of phosphoric ester groups is 1. The first-order chi connectivity index (χ1) is 39.0. The highest BCUT2D eigenvalue weighted by molar-refractivity contribution is 7.45. The Bertz CT molecular complexity index is 1350. The minimum absolute atomic E-state index is 0.0288. The van der Waals surface area contributed by atoms with E-state index in [0.29, 0.717) is 17.4 Å². The molecule has 2 atom stereocenters. The molecule has 0 rings (SSSR count). The number of rotatable bonds is 67. The maximum Gasteiger partial charge on any atom is 0.306 e. The molecule has 0 bridgehead atoms. The summed E-state index contributed by atoms with van der Waals surface area (Å²) >= 11 is 0. The number of unbranched alkanes of at least 4 members (excludes halogenated alkanes) is 51. The van der Waals surface area contributed by atoms with Crippen LogP contribution >= 0.6 is 7.82 Å². The average Bonchev–Trinajstić information content (AvgIpc) is 3.42. The van der Waals surface area contributed by atoms with Gasteiger partial charge in [-0.05, 0) is 38.5 Å². The predicted octanol–water partition coefficient (Wildman–Crippen LogP) is 22.1. The molecule has 9 nitrogen and oxygen atoms in total. The molecule has 0 spiro atoms. The molecule has 0 radical (unpaired) electrons. The molecule has 476 valence electrons. The fourth-order valence-electron chi connectivity index (χ4n) is 10.8. The number of quaternary nitrogens is 1. The summed E-state index contributed by atoms with van der Waals surface area (Å²) in [5, 5.41) is 0. The maximum atomic E-state index is 12.8. The van der Waals surface area contributed by atoms with Gasteiger partial charge in [0.25, 0.3) is 7.82 Å². The second-order valence-electron chi connectivity index (χ2n) is 25.6. The lowest BCUT2D eigenvalue weighted by Crippen LogP contribution is -2.37. The molecule has 80 heavy (non-hydrogen) atoms. The lowest BCUT2D eigenvalue weighted by molar-refractivity contribution is -0.870. The molecule has 0 saturated heterocycles. The summed E-state index contributed by atoms with van der Waals surface area (Å²) in [6.45, 7) is 4.29. The third-order valence-corrected chi connectivity index (χ3v) is 17.2. The van der Waals surface area contributed by atoms with E-state index < -0.39 is 26.5 Å². The molecule has 0 aliphatic rings. The molecule has 0 saturated carbocycles. The van der Waals surface area contributed by atoms with Gasteiger partial charge in [-0.25, -0.2) is 0 Å². The van der Waals surface area contributed by atoms with Gasteiger partial charge in [0.05, 0.1) is 27.7 Å². The SMILES string of the molecule is CCCCCCCC/C=C\CCCCCCCC(=O)OC(COC(=O)CCCCCCCCCCCCCCCCCCCCCCCCCCCCCCCCCCCCCCCCCCC)COP(=O)([O-])OCC[N+](C)(C)C. The van der Waals surface area contributed by atoms with Crippen LogP contribution in [0.1, 0.15) is 373 Å². The number of likely N-dealkylation sites (N-methyl/N-ethyl adjacent to an activating group) is 1. The first-order valence-corrected chi connectivity index (χ1v) is 36.9. The second kappa shape index (κ2) is 62.3. The molecular formula is C70H138NO8P. The molecule has 0 N–H and O–H groups in total. The van der Waals surface area contributed by atoms with Gasteiger partial charge in [-0.3, -0.25) is 14.2 Å². The van der Waals surface area contributed by atoms with Crippen LogP contribution in [0.15, 0.2) is 12.2 Å². The number of carbonyl (C=O) groups is 2. The Morgan fingerprint density at radius 3 is 0.925 bits per heavy atom. The van der Waals surface area contributed by atoms with Crippen molar-refractivity contribution in [2.45, 2.75) is 380 Å². The fraction of sp³-hybridized carbons (Fsp3) is 0.943. The number of esters is 2. The third-order valence-electron chi connectivity index (χ3n) is 16.3. The molecule has 0 aromatic carbocycles. The Morgan fingerprint density at radius 2 is 0.637 bits per heavy atom. The molecule has 2 unspecified atom stereocenters. The molecule has 0 aromatic rings. The maximum absolute atomic E-state index is 12.8. The molecule has 10 heteroatoms. The average molecular weight is 1150 g/mol. The smallest absolute Gasteiger partial charge is 0.306 e. The van der Waals surface area contributed by atoms with Crippen LogP contribution < -0.4 is 4.89 Å². The van der Waals surface area contributed by atoms with Crippen LogP contribution in [0.3, 0.4) is 0 Å². The third kappa shape index (κ3) is 65.9. The fourth-order valence-corrected chi connectivity index (χ4v) is 11.6. The summed E-state index contributed by atoms with van der Waals surface area (Å²) in [5.41, 5.74) is 0. The Morgan fingerprint density at radius 1 is 0.375 bits per heavy atom. The number of hydrogen-bond donors (Lipinski definition) is 0. The van der Waals surface area contributed by atoms with Crippen LogP contribution in [0, 0.1) is 0 Å². The quantitative estimate of drug-likeness (QED) is 0.0195. The predicted molar refractivity (Wildman–Crippen MR) is 342 cm³/mol. The van der Waals surface area contributed by atoms with Crippen LogP contribution in [0.5, 0.6) is 0 Å². The Hall–Kier alpha value is -1.25. The van der Waals surface area contributed by atoms with Crippen LogP contribution in [-0.4, -0.2) is 70.0 Å². The van der Waals surface area contributed by atoms with E-state index in [0.717, 1.165) is 51.4 Å². The summed E-state index contributed by atoms with van der Waals surface area (Å²) in [7, 11) is 1.18. The second-order valence-corrected chi connectivity index (χ2v) is 27.0. The first kappa shape index (κ1) is 78.8. The van der Waals surface area contributed by atoms with Crippen molar-refractivity contribution in [3.63, 3.8) is 0 Å². The molecule has 0 heterocycles. The van der Waals surface area contributed by atoms with Crippen molar-refractivity contribution in [2.24, 2.45) is 0 Å². The van der Waals surface area contributed by atoms with Crippen LogP contribution in [0.25, 0.3) is 0 Å². The highest BCUT2D eigenvalue weighted by Gasteiger charge is 2.22. The highest BCUT2D eigenvalue weighted by atomic mass is 31.2. The van der Waals surface area contributed by atoms with E-state index in [1.54, 1.807) is 0 Å². The van der Waals surface area contributed by atoms with Crippen molar-refractivity contribution in [1.29, 1.82) is 0 Å². The molecule has 0 amide bonds. The standard InChI is InChI=1S/C70H138NO8P/c1-6-8-10-12-14-16-18-20-22-23-24-25-26-27-28-29-30-31-32-33-34-35-36-37-38-39-40-41-42-43-44-45-46-47-49-50-52-54-56-58-60-62-69(72)76-66-68(67-78-80(74,75)77-65-64-71(3,4)5)79-70(73)63-61-59-57-55-53-51-48-21-19-17-15-13-11-9-7-2/h21,48,68H,6-20,22-47,49-67H2,1-5H3/b48-21-. The summed E-state index contributed by atoms with van der Waals surface area (Å²) in [5.74, 6) is -0.823. The van der Waals surface area contributed by atoms with Gasteiger partial charge in [0, 0.05) is 12.8 Å². The topological polar surface area (TPSA) is 111 Å². The van der Waals surface area contributed by atoms with E-state index in [1.807, 2.05) is 21.1 Å². The largest absolute Gasteiger partial charge is 0.756 e. The van der Waals surface area contributed by atoms with Crippen LogP contribution in [0.2, 0.25) is 0 Å². The normalized spacial score (nSPS) is 13.1. The number of allylic oxidation sites excluding steroid dienone is 2. The lowest BCUT2D eigenvalue weighted by Gasteiger charge is -2.28. The molecule has 0 aliphatic heterocycles. The summed E-state index contributed by atoms with van der Waals surface area (Å²) in [6, 6.07) is 0. The van der Waals surface area contributed by atoms with Crippen molar-refractivity contribution < 1.29 is 42.1 Å². The molecular weight excluding hydrogens is 1010 g/mol. The zero-order chi connectivity index (χ0) is 58.4. The van der Waals surface area contributed by atoms with Crippen molar-refractivity contribution in [3.05, 3.63) is 12.2 Å². The first-order valence-electron chi connectivity index (χ1n) is 35.4. The summed E-state index contributed by atoms with van der Waals surface area (Å²) < 4.78 is 34.2. The zero-order valence-corrected chi connectivity index (χ0v) is 55.2. The number of carbonyl (C=O) groups excluding carboxylic acids is 2. The van der Waals surface area contributed by atoms with Gasteiger partial charge in [-0.1, -0.05) is 334 Å². The minimum atomic E-state index is -4.63. The van der Waals surface area contributed by atoms with E-state index in [4.69, 9.17) is 18.5 Å². The number of ether oxygens (including phenoxy) is 2. The summed E-state index contributed by atoms with van der Waals surface area (Å²) in [6.07, 6.45) is 76.2. The number of nitrogens with zero attached hydrogens (tertiary/aromatic N) is 1. The lowest BCUT2D eigenvalue weighted by atomic mass is 10.0. The summed E-state index contributed by atoms with van der Waals surface area (Å²) in [4.78, 5) is 37.9. The Labute approximate surface area is 498 Å². The number of hydrogen-bond acceptors (Lipinski definition) is 8. The van der Waals surface area contributed by atoms with Gasteiger partial charge in [-0.2, -0.15) is 0 Å². The molecule has 0 aromatic heterocycles. The van der Waals surface area contributed by atoms with Crippen LogP contribution in [0.4, 0.5) is 0 Å². The van der Waals surface area contributed by atoms with E-state index in [2.05, 4.69) is 26.0 Å². The van der Waals surface area contributed by atoms with Crippen molar-refractivity contribution in [3.8, 4) is 0 Å². The minimum Gasteiger partial charge on any atom is -0.756 e. The van der Waals surface area contributed by atoms with Crippen molar-refractivity contribution in [2.75, 3.05) is 47.5 Å². The molecule has 0 fully saturated rings.